The van der Waals surface area contributed by atoms with Gasteiger partial charge in [-0.2, -0.15) is 0 Å². The molecule has 2 fully saturated rings. The Kier molecular flexibility index (Phi) is 11.9. The van der Waals surface area contributed by atoms with E-state index in [0.29, 0.717) is 30.1 Å². The molecule has 1 heterocycles. The van der Waals surface area contributed by atoms with Crippen LogP contribution in [0.3, 0.4) is 0 Å². The van der Waals surface area contributed by atoms with E-state index in [1.165, 1.54) is 49.7 Å². The van der Waals surface area contributed by atoms with Gasteiger partial charge in [0.05, 0.1) is 6.10 Å². The molecule has 1 aromatic carbocycles. The van der Waals surface area contributed by atoms with Gasteiger partial charge in [-0.1, -0.05) is 55.8 Å². The van der Waals surface area contributed by atoms with Gasteiger partial charge in [0.25, 0.3) is 5.91 Å². The van der Waals surface area contributed by atoms with Gasteiger partial charge >= 0.3 is 11.9 Å². The van der Waals surface area contributed by atoms with Crippen molar-refractivity contribution < 1.29 is 44.4 Å². The molecule has 44 heavy (non-hydrogen) atoms. The molecule has 12 nitrogen and oxygen atoms in total. The Morgan fingerprint density at radius 3 is 1.98 bits per heavy atom. The normalized spacial score (nSPS) is 21.0. The fourth-order valence-electron chi connectivity index (χ4n) is 6.56. The smallest absolute Gasteiger partial charge is 0.335 e. The summed E-state index contributed by atoms with van der Waals surface area (Å²) in [6.45, 7) is 2.40. The highest BCUT2D eigenvalue weighted by molar-refractivity contribution is 5.93. The molecule has 6 N–H and O–H groups in total. The molecule has 242 valence electrons. The number of amides is 1. The predicted octanol–water partition coefficient (Wildman–Crippen LogP) is 3.28. The van der Waals surface area contributed by atoms with Crippen LogP contribution in [0.15, 0.2) is 28.8 Å². The lowest BCUT2D eigenvalue weighted by Gasteiger charge is -2.41. The molecular formula is C32H45N3O9. The molecule has 5 rings (SSSR count). The Balaban J connectivity index is 0.000000382. The summed E-state index contributed by atoms with van der Waals surface area (Å²) in [6, 6.07) is 9.21. The van der Waals surface area contributed by atoms with Crippen LogP contribution < -0.4 is 5.32 Å². The van der Waals surface area contributed by atoms with Crippen LogP contribution in [0.25, 0.3) is 11.3 Å². The summed E-state index contributed by atoms with van der Waals surface area (Å²) in [5, 5.41) is 49.8. The van der Waals surface area contributed by atoms with Crippen LogP contribution >= 0.6 is 0 Å². The van der Waals surface area contributed by atoms with Crippen LogP contribution in [0.5, 0.6) is 0 Å². The first-order valence-electron chi connectivity index (χ1n) is 15.7. The lowest BCUT2D eigenvalue weighted by molar-refractivity contribution is -0.165. The van der Waals surface area contributed by atoms with E-state index in [0.717, 1.165) is 44.1 Å². The molecule has 2 saturated carbocycles. The number of aromatic nitrogens is 1. The van der Waals surface area contributed by atoms with E-state index < -0.39 is 24.1 Å². The molecular weight excluding hydrogens is 570 g/mol. The van der Waals surface area contributed by atoms with E-state index in [9.17, 15) is 19.5 Å². The SMILES string of the molecule is CC(O)CNC1CCc2cc(-c3cc(C(=O)N(C4CCCCC4)C4CCCCC4)no3)ccc21.O=C(O)[C@@H](O)[C@H](O)C(=O)O. The monoisotopic (exact) mass is 615 g/mol. The van der Waals surface area contributed by atoms with E-state index in [4.69, 9.17) is 24.9 Å². The minimum Gasteiger partial charge on any atom is -0.479 e. The summed E-state index contributed by atoms with van der Waals surface area (Å²) in [6.07, 6.45) is 9.03. The number of hydrogen-bond acceptors (Lipinski definition) is 9. The maximum absolute atomic E-state index is 13.7. The predicted molar refractivity (Wildman–Crippen MR) is 160 cm³/mol. The maximum atomic E-state index is 13.7. The molecule has 3 aliphatic carbocycles. The summed E-state index contributed by atoms with van der Waals surface area (Å²) in [7, 11) is 0. The zero-order valence-electron chi connectivity index (χ0n) is 25.2. The van der Waals surface area contributed by atoms with Crippen LogP contribution in [0.2, 0.25) is 0 Å². The maximum Gasteiger partial charge on any atom is 0.335 e. The first-order valence-corrected chi connectivity index (χ1v) is 15.7. The highest BCUT2D eigenvalue weighted by atomic mass is 16.5. The van der Waals surface area contributed by atoms with Crippen molar-refractivity contribution in [3.8, 4) is 11.3 Å². The Hall–Kier alpha value is -3.32. The standard InChI is InChI=1S/C28H39N3O3.C4H6O6/c1-19(32)18-29-25-15-13-20-16-21(12-14-24(20)25)27-17-26(30-34-27)28(33)31(22-8-4-2-5-9-22)23-10-6-3-7-11-23;5-1(3(7)8)2(6)4(9)10/h12,14,16-17,19,22-23,25,29,32H,2-11,13,15,18H2,1H3;1-2,5-6H,(H,7,8)(H,9,10)/t;1-,2-/m.0/s1. The topological polar surface area (TPSA) is 194 Å². The number of benzene rings is 1. The van der Waals surface area contributed by atoms with Gasteiger partial charge in [0, 0.05) is 36.3 Å². The molecule has 1 amide bonds. The van der Waals surface area contributed by atoms with E-state index in [-0.39, 0.29) is 18.1 Å². The molecule has 4 atom stereocenters. The van der Waals surface area contributed by atoms with Crippen molar-refractivity contribution in [2.75, 3.05) is 6.54 Å². The summed E-state index contributed by atoms with van der Waals surface area (Å²) >= 11 is 0. The van der Waals surface area contributed by atoms with Gasteiger partial charge in [-0.15, -0.1) is 0 Å². The second kappa shape index (κ2) is 15.6. The Morgan fingerprint density at radius 2 is 1.45 bits per heavy atom. The van der Waals surface area contributed by atoms with Gasteiger partial charge in [0.2, 0.25) is 0 Å². The van der Waals surface area contributed by atoms with Crippen molar-refractivity contribution in [1.82, 2.24) is 15.4 Å². The van der Waals surface area contributed by atoms with Gasteiger partial charge in [-0.3, -0.25) is 4.79 Å². The number of hydrogen-bond donors (Lipinski definition) is 6. The number of nitrogens with zero attached hydrogens (tertiary/aromatic N) is 2. The highest BCUT2D eigenvalue weighted by Gasteiger charge is 2.35. The number of nitrogens with one attached hydrogen (secondary N) is 1. The van der Waals surface area contributed by atoms with Crippen molar-refractivity contribution in [3.63, 3.8) is 0 Å². The largest absolute Gasteiger partial charge is 0.479 e. The lowest BCUT2D eigenvalue weighted by atomic mass is 9.88. The number of aliphatic hydroxyl groups is 3. The second-order valence-electron chi connectivity index (χ2n) is 12.2. The second-order valence-corrected chi connectivity index (χ2v) is 12.2. The van der Waals surface area contributed by atoms with Crippen LogP contribution in [0, 0.1) is 0 Å². The van der Waals surface area contributed by atoms with Gasteiger partial charge in [0.1, 0.15) is 0 Å². The number of carboxylic acids is 2. The average molecular weight is 616 g/mol. The summed E-state index contributed by atoms with van der Waals surface area (Å²) < 4.78 is 5.72. The number of aryl methyl sites for hydroxylation is 1. The zero-order chi connectivity index (χ0) is 31.8. The Labute approximate surface area is 257 Å². The number of aliphatic hydroxyl groups excluding tert-OH is 3. The lowest BCUT2D eigenvalue weighted by Crippen LogP contribution is -2.48. The summed E-state index contributed by atoms with van der Waals surface area (Å²) in [5.74, 6) is -2.82. The van der Waals surface area contributed by atoms with Crippen LogP contribution in [0.4, 0.5) is 0 Å². The van der Waals surface area contributed by atoms with E-state index in [1.54, 1.807) is 6.92 Å². The van der Waals surface area contributed by atoms with Crippen LogP contribution in [-0.4, -0.2) is 90.4 Å². The molecule has 1 aromatic heterocycles. The molecule has 0 radical (unpaired) electrons. The third kappa shape index (κ3) is 8.44. The van der Waals surface area contributed by atoms with Crippen LogP contribution in [0.1, 0.15) is 105 Å². The number of fused-ring (bicyclic) bond motifs is 1. The van der Waals surface area contributed by atoms with Gasteiger partial charge in [-0.25, -0.2) is 9.59 Å². The quantitative estimate of drug-likeness (QED) is 0.230. The van der Waals surface area contributed by atoms with E-state index in [2.05, 4.69) is 33.6 Å². The minimum absolute atomic E-state index is 0.0531. The molecule has 0 aliphatic heterocycles. The number of carbonyl (C=O) groups excluding carboxylic acids is 1. The molecule has 3 aliphatic rings. The van der Waals surface area contributed by atoms with Gasteiger partial charge in [-0.05, 0) is 62.6 Å². The first-order chi connectivity index (χ1) is 21.1. The van der Waals surface area contributed by atoms with Gasteiger partial charge < -0.3 is 40.3 Å². The molecule has 2 unspecified atom stereocenters. The van der Waals surface area contributed by atoms with Crippen molar-refractivity contribution in [1.29, 1.82) is 0 Å². The minimum atomic E-state index is -2.27. The molecule has 2 aromatic rings. The number of rotatable bonds is 10. The number of carboxylic acid groups (broad SMARTS) is 2. The number of aliphatic carboxylic acids is 2. The molecule has 0 spiro atoms. The third-order valence-corrected chi connectivity index (χ3v) is 8.87. The van der Waals surface area contributed by atoms with Crippen molar-refractivity contribution in [3.05, 3.63) is 41.1 Å². The molecule has 0 saturated heterocycles. The Morgan fingerprint density at radius 1 is 0.886 bits per heavy atom. The summed E-state index contributed by atoms with van der Waals surface area (Å²) in [4.78, 5) is 35.5. The van der Waals surface area contributed by atoms with Crippen molar-refractivity contribution in [2.24, 2.45) is 0 Å². The fraction of sp³-hybridized carbons (Fsp3) is 0.625. The van der Waals surface area contributed by atoms with Crippen molar-refractivity contribution in [2.45, 2.75) is 120 Å². The van der Waals surface area contributed by atoms with E-state index >= 15 is 0 Å². The third-order valence-electron chi connectivity index (χ3n) is 8.87. The van der Waals surface area contributed by atoms with E-state index in [1.807, 2.05) is 6.07 Å². The van der Waals surface area contributed by atoms with Gasteiger partial charge in [0.15, 0.2) is 23.7 Å². The summed E-state index contributed by atoms with van der Waals surface area (Å²) in [5.41, 5.74) is 4.02. The average Bonchev–Trinajstić information content (AvgIpc) is 3.68. The van der Waals surface area contributed by atoms with Crippen LogP contribution in [-0.2, 0) is 16.0 Å². The highest BCUT2D eigenvalue weighted by Crippen LogP contribution is 2.35. The first kappa shape index (κ1) is 33.6. The molecule has 12 heteroatoms. The fourth-order valence-corrected chi connectivity index (χ4v) is 6.56. The van der Waals surface area contributed by atoms with Crippen molar-refractivity contribution >= 4 is 17.8 Å². The zero-order valence-corrected chi connectivity index (χ0v) is 25.2. The molecule has 0 bridgehead atoms. The Bertz CT molecular complexity index is 1230. The number of carbonyl (C=O) groups is 3.